The van der Waals surface area contributed by atoms with Crippen molar-refractivity contribution in [1.82, 2.24) is 0 Å². The van der Waals surface area contributed by atoms with Crippen LogP contribution in [-0.4, -0.2) is 18.9 Å². The molecule has 0 saturated heterocycles. The first kappa shape index (κ1) is 21.5. The molecule has 0 fully saturated rings. The Kier molecular flexibility index (Phi) is 5.38. The monoisotopic (exact) mass is 448 g/mol. The van der Waals surface area contributed by atoms with Crippen molar-refractivity contribution in [3.63, 3.8) is 0 Å². The van der Waals surface area contributed by atoms with Gasteiger partial charge in [0.25, 0.3) is 11.8 Å². The highest BCUT2D eigenvalue weighted by molar-refractivity contribution is 6.47. The highest BCUT2D eigenvalue weighted by atomic mass is 16.5. The lowest BCUT2D eigenvalue weighted by Gasteiger charge is -2.18. The number of rotatable bonds is 5. The number of benzene rings is 4. The maximum absolute atomic E-state index is 13.9. The van der Waals surface area contributed by atoms with Crippen LogP contribution < -0.4 is 15.0 Å². The number of carbonyl (C=O) groups is 2. The maximum Gasteiger partial charge on any atom is 0.282 e. The van der Waals surface area contributed by atoms with E-state index in [9.17, 15) is 9.59 Å². The molecule has 5 nitrogen and oxygen atoms in total. The number of ether oxygens (including phenoxy) is 1. The Labute approximate surface area is 198 Å². The zero-order valence-corrected chi connectivity index (χ0v) is 19.3. The van der Waals surface area contributed by atoms with E-state index in [2.05, 4.69) is 5.32 Å². The minimum Gasteiger partial charge on any atom is -0.497 e. The molecule has 0 atom stereocenters. The number of imide groups is 1. The smallest absolute Gasteiger partial charge is 0.282 e. The van der Waals surface area contributed by atoms with E-state index >= 15 is 0 Å². The third kappa shape index (κ3) is 3.61. The topological polar surface area (TPSA) is 58.6 Å². The summed E-state index contributed by atoms with van der Waals surface area (Å²) >= 11 is 0. The Morgan fingerprint density at radius 3 is 2.35 bits per heavy atom. The average molecular weight is 449 g/mol. The Morgan fingerprint density at radius 1 is 0.794 bits per heavy atom. The summed E-state index contributed by atoms with van der Waals surface area (Å²) in [6.45, 7) is 3.96. The van der Waals surface area contributed by atoms with Crippen LogP contribution in [0.5, 0.6) is 5.75 Å². The van der Waals surface area contributed by atoms with Crippen molar-refractivity contribution in [2.24, 2.45) is 0 Å². The van der Waals surface area contributed by atoms with Crippen LogP contribution in [0.25, 0.3) is 16.3 Å². The van der Waals surface area contributed by atoms with Crippen molar-refractivity contribution in [2.45, 2.75) is 13.8 Å². The van der Waals surface area contributed by atoms with Gasteiger partial charge in [-0.2, -0.15) is 0 Å². The minimum atomic E-state index is -0.390. The van der Waals surface area contributed by atoms with Gasteiger partial charge in [-0.05, 0) is 48.6 Å². The molecule has 5 rings (SSSR count). The molecule has 0 bridgehead atoms. The highest BCUT2D eigenvalue weighted by Gasteiger charge is 2.41. The Hall–Kier alpha value is -4.38. The molecule has 0 spiro atoms. The molecule has 1 N–H and O–H groups in total. The van der Waals surface area contributed by atoms with Crippen LogP contribution in [0.1, 0.15) is 16.7 Å². The van der Waals surface area contributed by atoms with Gasteiger partial charge in [0.2, 0.25) is 0 Å². The number of carbonyl (C=O) groups excluding carboxylic acids is 2. The number of fused-ring (bicyclic) bond motifs is 1. The van der Waals surface area contributed by atoms with Gasteiger partial charge < -0.3 is 10.1 Å². The van der Waals surface area contributed by atoms with Gasteiger partial charge in [0, 0.05) is 17.1 Å². The fourth-order valence-corrected chi connectivity index (χ4v) is 4.46. The zero-order valence-electron chi connectivity index (χ0n) is 19.3. The van der Waals surface area contributed by atoms with Gasteiger partial charge in [0.1, 0.15) is 11.4 Å². The van der Waals surface area contributed by atoms with E-state index in [4.69, 9.17) is 4.74 Å². The van der Waals surface area contributed by atoms with Gasteiger partial charge in [0.15, 0.2) is 0 Å². The Bertz CT molecular complexity index is 1480. The minimum absolute atomic E-state index is 0.248. The lowest BCUT2D eigenvalue weighted by atomic mass is 9.97. The second-order valence-corrected chi connectivity index (χ2v) is 8.37. The fourth-order valence-electron chi connectivity index (χ4n) is 4.46. The van der Waals surface area contributed by atoms with Crippen LogP contribution in [0.3, 0.4) is 0 Å². The van der Waals surface area contributed by atoms with Gasteiger partial charge in [-0.3, -0.25) is 9.59 Å². The number of nitrogens with zero attached hydrogens (tertiary/aromatic N) is 1. The molecule has 0 radical (unpaired) electrons. The van der Waals surface area contributed by atoms with Crippen LogP contribution in [0.2, 0.25) is 0 Å². The summed E-state index contributed by atoms with van der Waals surface area (Å²) in [7, 11) is 1.59. The summed E-state index contributed by atoms with van der Waals surface area (Å²) in [5.41, 5.74) is 4.59. The average Bonchev–Trinajstić information content (AvgIpc) is 3.08. The summed E-state index contributed by atoms with van der Waals surface area (Å²) < 4.78 is 5.33. The SMILES string of the molecule is COc1cccc(NC2=C(c3ccc(C)cc3C)C(=O)N(c3cccc4ccccc34)C2=O)c1. The lowest BCUT2D eigenvalue weighted by Crippen LogP contribution is -2.32. The summed E-state index contributed by atoms with van der Waals surface area (Å²) in [6.07, 6.45) is 0. The van der Waals surface area contributed by atoms with Crippen LogP contribution in [0.4, 0.5) is 11.4 Å². The van der Waals surface area contributed by atoms with Gasteiger partial charge in [-0.25, -0.2) is 4.90 Å². The van der Waals surface area contributed by atoms with E-state index in [0.717, 1.165) is 27.5 Å². The molecule has 0 aromatic heterocycles. The summed E-state index contributed by atoms with van der Waals surface area (Å²) in [4.78, 5) is 29.0. The van der Waals surface area contributed by atoms with E-state index < -0.39 is 0 Å². The third-order valence-electron chi connectivity index (χ3n) is 6.08. The van der Waals surface area contributed by atoms with Crippen LogP contribution in [0, 0.1) is 13.8 Å². The molecule has 168 valence electrons. The Balaban J connectivity index is 1.68. The molecule has 1 aliphatic rings. The maximum atomic E-state index is 13.9. The number of amides is 2. The molecule has 34 heavy (non-hydrogen) atoms. The first-order chi connectivity index (χ1) is 16.5. The molecule has 4 aromatic carbocycles. The predicted octanol–water partition coefficient (Wildman–Crippen LogP) is 5.86. The molecule has 2 amide bonds. The molecule has 0 aliphatic carbocycles. The van der Waals surface area contributed by atoms with Crippen molar-refractivity contribution >= 4 is 39.5 Å². The molecule has 1 heterocycles. The van der Waals surface area contributed by atoms with Crippen molar-refractivity contribution < 1.29 is 14.3 Å². The van der Waals surface area contributed by atoms with Gasteiger partial charge in [-0.1, -0.05) is 66.2 Å². The second kappa shape index (κ2) is 8.52. The first-order valence-electron chi connectivity index (χ1n) is 11.1. The standard InChI is InChI=1S/C29H24N2O3/c1-18-14-15-23(19(2)16-18)26-27(30-21-10-7-11-22(17-21)34-3)29(33)31(28(26)32)25-13-6-9-20-8-4-5-12-24(20)25/h4-17,30H,1-3H3. The molecular weight excluding hydrogens is 424 g/mol. The number of hydrogen-bond acceptors (Lipinski definition) is 4. The number of hydrogen-bond donors (Lipinski definition) is 1. The predicted molar refractivity (Wildman–Crippen MR) is 136 cm³/mol. The van der Waals surface area contributed by atoms with Crippen molar-refractivity contribution in [1.29, 1.82) is 0 Å². The summed E-state index contributed by atoms with van der Waals surface area (Å²) in [5.74, 6) is -0.0841. The normalized spacial score (nSPS) is 13.7. The van der Waals surface area contributed by atoms with Crippen molar-refractivity contribution in [2.75, 3.05) is 17.3 Å². The molecule has 1 aliphatic heterocycles. The molecule has 4 aromatic rings. The second-order valence-electron chi connectivity index (χ2n) is 8.37. The van der Waals surface area contributed by atoms with E-state index in [1.165, 1.54) is 4.90 Å². The molecule has 0 saturated carbocycles. The van der Waals surface area contributed by atoms with Crippen LogP contribution in [-0.2, 0) is 9.59 Å². The number of anilines is 2. The number of nitrogens with one attached hydrogen (secondary N) is 1. The fraction of sp³-hybridized carbons (Fsp3) is 0.103. The summed E-state index contributed by atoms with van der Waals surface area (Å²) in [5, 5.41) is 5.02. The molecule has 5 heteroatoms. The molecule has 0 unspecified atom stereocenters. The van der Waals surface area contributed by atoms with E-state index in [-0.39, 0.29) is 17.5 Å². The quantitative estimate of drug-likeness (QED) is 0.389. The van der Waals surface area contributed by atoms with Crippen molar-refractivity contribution in [3.8, 4) is 5.75 Å². The van der Waals surface area contributed by atoms with Gasteiger partial charge >= 0.3 is 0 Å². The van der Waals surface area contributed by atoms with E-state index in [1.807, 2.05) is 92.7 Å². The van der Waals surface area contributed by atoms with Crippen LogP contribution >= 0.6 is 0 Å². The van der Waals surface area contributed by atoms with E-state index in [0.29, 0.717) is 22.7 Å². The highest BCUT2D eigenvalue weighted by Crippen LogP contribution is 2.38. The van der Waals surface area contributed by atoms with Gasteiger partial charge in [0.05, 0.1) is 18.4 Å². The lowest BCUT2D eigenvalue weighted by molar-refractivity contribution is -0.120. The Morgan fingerprint density at radius 2 is 1.56 bits per heavy atom. The van der Waals surface area contributed by atoms with E-state index in [1.54, 1.807) is 13.2 Å². The van der Waals surface area contributed by atoms with Crippen molar-refractivity contribution in [3.05, 3.63) is 107 Å². The number of aryl methyl sites for hydroxylation is 2. The zero-order chi connectivity index (χ0) is 23.8. The molecular formula is C29H24N2O3. The van der Waals surface area contributed by atoms with Gasteiger partial charge in [-0.15, -0.1) is 0 Å². The largest absolute Gasteiger partial charge is 0.497 e. The summed E-state index contributed by atoms with van der Waals surface area (Å²) in [6, 6.07) is 26.6. The third-order valence-corrected chi connectivity index (χ3v) is 6.08. The first-order valence-corrected chi connectivity index (χ1v) is 11.1. The number of methoxy groups -OCH3 is 1. The van der Waals surface area contributed by atoms with Crippen LogP contribution in [0.15, 0.2) is 90.6 Å².